The smallest absolute Gasteiger partial charge is 0.193 e. The van der Waals surface area contributed by atoms with Crippen LogP contribution in [-0.2, 0) is 0 Å². The topological polar surface area (TPSA) is 47.0 Å². The molecule has 1 N–H and O–H groups in total. The van der Waals surface area contributed by atoms with Gasteiger partial charge >= 0.3 is 0 Å². The second kappa shape index (κ2) is 7.46. The average molecular weight is 269 g/mol. The summed E-state index contributed by atoms with van der Waals surface area (Å²) in [6.07, 6.45) is 2.65. The molecule has 1 aromatic heterocycles. The highest BCUT2D eigenvalue weighted by atomic mass is 32.2. The molecule has 0 radical (unpaired) electrons. The summed E-state index contributed by atoms with van der Waals surface area (Å²) in [6.45, 7) is 9.63. The van der Waals surface area contributed by atoms with Crippen molar-refractivity contribution in [1.29, 1.82) is 0 Å². The van der Waals surface area contributed by atoms with Gasteiger partial charge in [-0.25, -0.2) is 9.97 Å². The number of aromatic nitrogens is 2. The summed E-state index contributed by atoms with van der Waals surface area (Å²) in [7, 11) is 1.67. The lowest BCUT2D eigenvalue weighted by Crippen LogP contribution is -2.09. The molecule has 1 heterocycles. The average Bonchev–Trinajstić information content (AvgIpc) is 2.36. The first kappa shape index (κ1) is 15.1. The minimum Gasteiger partial charge on any atom is -0.490 e. The number of nitrogens with zero attached hydrogens (tertiary/aromatic N) is 2. The molecule has 0 amide bonds. The van der Waals surface area contributed by atoms with Gasteiger partial charge < -0.3 is 10.1 Å². The third kappa shape index (κ3) is 4.05. The monoisotopic (exact) mass is 269 g/mol. The van der Waals surface area contributed by atoms with Crippen molar-refractivity contribution in [3.05, 3.63) is 6.33 Å². The highest BCUT2D eigenvalue weighted by Gasteiger charge is 2.16. The molecule has 0 spiro atoms. The van der Waals surface area contributed by atoms with Gasteiger partial charge in [0.05, 0.1) is 7.11 Å². The van der Waals surface area contributed by atoms with E-state index in [1.165, 1.54) is 0 Å². The van der Waals surface area contributed by atoms with Crippen LogP contribution in [-0.4, -0.2) is 28.9 Å². The first-order valence-electron chi connectivity index (χ1n) is 6.39. The molecular weight excluding hydrogens is 246 g/mol. The normalized spacial score (nSPS) is 12.6. The highest BCUT2D eigenvalue weighted by molar-refractivity contribution is 7.99. The van der Waals surface area contributed by atoms with E-state index >= 15 is 0 Å². The molecule has 0 aliphatic rings. The molecule has 5 heteroatoms. The van der Waals surface area contributed by atoms with Crippen LogP contribution < -0.4 is 10.1 Å². The number of thioether (sulfide) groups is 1. The summed E-state index contributed by atoms with van der Waals surface area (Å²) < 4.78 is 5.45. The Morgan fingerprint density at radius 1 is 1.33 bits per heavy atom. The molecule has 0 bridgehead atoms. The summed E-state index contributed by atoms with van der Waals surface area (Å²) in [4.78, 5) is 8.57. The Labute approximate surface area is 114 Å². The van der Waals surface area contributed by atoms with E-state index in [2.05, 4.69) is 43.0 Å². The molecule has 18 heavy (non-hydrogen) atoms. The van der Waals surface area contributed by atoms with Crippen molar-refractivity contribution < 1.29 is 4.74 Å². The summed E-state index contributed by atoms with van der Waals surface area (Å²) >= 11 is 1.73. The lowest BCUT2D eigenvalue weighted by Gasteiger charge is -2.17. The minimum absolute atomic E-state index is 0.493. The predicted octanol–water partition coefficient (Wildman–Crippen LogP) is 3.44. The van der Waals surface area contributed by atoms with Gasteiger partial charge in [0.25, 0.3) is 0 Å². The SMILES string of the molecule is CCCNc1ncnc(SC(C)C(C)C)c1OC. The molecule has 1 rings (SSSR count). The maximum Gasteiger partial charge on any atom is 0.193 e. The number of hydrogen-bond acceptors (Lipinski definition) is 5. The van der Waals surface area contributed by atoms with Gasteiger partial charge in [-0.1, -0.05) is 39.5 Å². The van der Waals surface area contributed by atoms with E-state index < -0.39 is 0 Å². The largest absolute Gasteiger partial charge is 0.490 e. The van der Waals surface area contributed by atoms with Gasteiger partial charge in [-0.05, 0) is 12.3 Å². The van der Waals surface area contributed by atoms with E-state index in [1.54, 1.807) is 25.2 Å². The van der Waals surface area contributed by atoms with Gasteiger partial charge in [-0.3, -0.25) is 0 Å². The van der Waals surface area contributed by atoms with E-state index in [0.717, 1.165) is 29.6 Å². The van der Waals surface area contributed by atoms with Crippen molar-refractivity contribution in [2.75, 3.05) is 19.0 Å². The Kier molecular flexibility index (Phi) is 6.25. The Balaban J connectivity index is 2.90. The third-order valence-corrected chi connectivity index (χ3v) is 4.18. The molecule has 1 atom stereocenters. The van der Waals surface area contributed by atoms with Gasteiger partial charge in [-0.15, -0.1) is 0 Å². The fraction of sp³-hybridized carbons (Fsp3) is 0.692. The molecule has 4 nitrogen and oxygen atoms in total. The summed E-state index contributed by atoms with van der Waals surface area (Å²) in [6, 6.07) is 0. The molecule has 0 fully saturated rings. The Morgan fingerprint density at radius 2 is 2.06 bits per heavy atom. The Bertz CT molecular complexity index is 371. The van der Waals surface area contributed by atoms with Gasteiger partial charge in [-0.2, -0.15) is 0 Å². The standard InChI is InChI=1S/C13H23N3OS/c1-6-7-14-12-11(17-5)13(16-8-15-12)18-10(4)9(2)3/h8-10H,6-7H2,1-5H3,(H,14,15,16). The van der Waals surface area contributed by atoms with E-state index in [4.69, 9.17) is 4.74 Å². The van der Waals surface area contributed by atoms with E-state index in [0.29, 0.717) is 11.2 Å². The van der Waals surface area contributed by atoms with E-state index in [-0.39, 0.29) is 0 Å². The fourth-order valence-corrected chi connectivity index (χ4v) is 2.33. The summed E-state index contributed by atoms with van der Waals surface area (Å²) in [5.41, 5.74) is 0. The van der Waals surface area contributed by atoms with Crippen LogP contribution in [0.2, 0.25) is 0 Å². The zero-order valence-electron chi connectivity index (χ0n) is 11.9. The summed E-state index contributed by atoms with van der Waals surface area (Å²) in [5.74, 6) is 2.14. The van der Waals surface area contributed by atoms with Gasteiger partial charge in [0.2, 0.25) is 0 Å². The van der Waals surface area contributed by atoms with Crippen molar-refractivity contribution in [2.24, 2.45) is 5.92 Å². The second-order valence-electron chi connectivity index (χ2n) is 4.55. The lowest BCUT2D eigenvalue weighted by atomic mass is 10.2. The fourth-order valence-electron chi connectivity index (χ4n) is 1.31. The number of hydrogen-bond donors (Lipinski definition) is 1. The molecule has 0 saturated carbocycles. The van der Waals surface area contributed by atoms with Crippen molar-refractivity contribution in [2.45, 2.75) is 44.4 Å². The predicted molar refractivity (Wildman–Crippen MR) is 77.5 cm³/mol. The van der Waals surface area contributed by atoms with Crippen molar-refractivity contribution in [3.63, 3.8) is 0 Å². The Morgan fingerprint density at radius 3 is 2.61 bits per heavy atom. The van der Waals surface area contributed by atoms with Crippen LogP contribution in [0, 0.1) is 5.92 Å². The number of methoxy groups -OCH3 is 1. The molecular formula is C13H23N3OS. The highest BCUT2D eigenvalue weighted by Crippen LogP contribution is 2.36. The summed E-state index contributed by atoms with van der Waals surface area (Å²) in [5, 5.41) is 4.67. The van der Waals surface area contributed by atoms with E-state index in [9.17, 15) is 0 Å². The molecule has 102 valence electrons. The minimum atomic E-state index is 0.493. The zero-order valence-corrected chi connectivity index (χ0v) is 12.7. The van der Waals surface area contributed by atoms with Gasteiger partial charge in [0.15, 0.2) is 11.6 Å². The maximum absolute atomic E-state index is 5.45. The van der Waals surface area contributed by atoms with E-state index in [1.807, 2.05) is 0 Å². The van der Waals surface area contributed by atoms with Crippen molar-refractivity contribution in [1.82, 2.24) is 9.97 Å². The molecule has 0 aliphatic heterocycles. The molecule has 0 aromatic carbocycles. The molecule has 1 unspecified atom stereocenters. The van der Waals surface area contributed by atoms with Gasteiger partial charge in [0.1, 0.15) is 11.4 Å². The zero-order chi connectivity index (χ0) is 13.5. The van der Waals surface area contributed by atoms with Crippen LogP contribution in [0.25, 0.3) is 0 Å². The van der Waals surface area contributed by atoms with Crippen LogP contribution in [0.1, 0.15) is 34.1 Å². The molecule has 0 saturated heterocycles. The first-order valence-corrected chi connectivity index (χ1v) is 7.27. The van der Waals surface area contributed by atoms with Crippen LogP contribution in [0.15, 0.2) is 11.4 Å². The van der Waals surface area contributed by atoms with Crippen LogP contribution in [0.3, 0.4) is 0 Å². The van der Waals surface area contributed by atoms with Crippen LogP contribution in [0.4, 0.5) is 5.82 Å². The molecule has 1 aromatic rings. The van der Waals surface area contributed by atoms with Gasteiger partial charge in [0, 0.05) is 11.8 Å². The number of nitrogens with one attached hydrogen (secondary N) is 1. The maximum atomic E-state index is 5.45. The van der Waals surface area contributed by atoms with Crippen molar-refractivity contribution >= 4 is 17.6 Å². The number of rotatable bonds is 7. The first-order chi connectivity index (χ1) is 8.60. The number of anilines is 1. The third-order valence-electron chi connectivity index (χ3n) is 2.75. The molecule has 0 aliphatic carbocycles. The quantitative estimate of drug-likeness (QED) is 0.607. The van der Waals surface area contributed by atoms with Crippen LogP contribution >= 0.6 is 11.8 Å². The lowest BCUT2D eigenvalue weighted by molar-refractivity contribution is 0.400. The van der Waals surface area contributed by atoms with Crippen molar-refractivity contribution in [3.8, 4) is 5.75 Å². The Hall–Kier alpha value is -0.970. The second-order valence-corrected chi connectivity index (χ2v) is 5.92. The number of ether oxygens (including phenoxy) is 1. The van der Waals surface area contributed by atoms with Crippen LogP contribution in [0.5, 0.6) is 5.75 Å².